The summed E-state index contributed by atoms with van der Waals surface area (Å²) < 4.78 is 0. The third kappa shape index (κ3) is 1.60. The summed E-state index contributed by atoms with van der Waals surface area (Å²) in [6.45, 7) is 2.24. The Morgan fingerprint density at radius 2 is 2.00 bits per heavy atom. The Balaban J connectivity index is 2.41. The van der Waals surface area contributed by atoms with Crippen molar-refractivity contribution in [2.45, 2.75) is 32.1 Å². The maximum absolute atomic E-state index is 11.4. The second kappa shape index (κ2) is 4.13. The van der Waals surface area contributed by atoms with Crippen molar-refractivity contribution >= 4 is 16.7 Å². The van der Waals surface area contributed by atoms with Crippen molar-refractivity contribution in [1.29, 1.82) is 0 Å². The molecule has 92 valence electrons. The fourth-order valence-corrected chi connectivity index (χ4v) is 3.16. The average Bonchev–Trinajstić information content (AvgIpc) is 2.37. The molecule has 1 N–H and O–H groups in total. The Morgan fingerprint density at radius 1 is 1.28 bits per heavy atom. The number of carboxylic acids is 1. The van der Waals surface area contributed by atoms with Gasteiger partial charge >= 0.3 is 5.97 Å². The molecule has 2 aromatic carbocycles. The first-order valence-corrected chi connectivity index (χ1v) is 6.46. The molecular weight excluding hydrogens is 224 g/mol. The van der Waals surface area contributed by atoms with E-state index in [0.717, 1.165) is 23.6 Å². The molecule has 2 heteroatoms. The molecule has 1 aliphatic rings. The molecule has 2 aromatic rings. The van der Waals surface area contributed by atoms with Gasteiger partial charge in [-0.25, -0.2) is 4.79 Å². The molecule has 1 unspecified atom stereocenters. The summed E-state index contributed by atoms with van der Waals surface area (Å²) in [4.78, 5) is 11.4. The standard InChI is InChI=1S/C16H16O2/c1-10-5-4-6-11-9-14(16(17)18)12-7-2-3-8-13(12)15(10)11/h2-3,7-10H,4-6H2,1H3,(H,17,18). The Morgan fingerprint density at radius 3 is 2.72 bits per heavy atom. The highest BCUT2D eigenvalue weighted by Gasteiger charge is 2.22. The highest BCUT2D eigenvalue weighted by atomic mass is 16.4. The van der Waals surface area contributed by atoms with E-state index in [1.165, 1.54) is 17.5 Å². The smallest absolute Gasteiger partial charge is 0.336 e. The van der Waals surface area contributed by atoms with Crippen molar-refractivity contribution in [1.82, 2.24) is 0 Å². The molecule has 0 saturated heterocycles. The van der Waals surface area contributed by atoms with Crippen LogP contribution in [0.4, 0.5) is 0 Å². The molecule has 0 spiro atoms. The maximum Gasteiger partial charge on any atom is 0.336 e. The number of carboxylic acid groups (broad SMARTS) is 1. The lowest BCUT2D eigenvalue weighted by molar-refractivity contribution is 0.0699. The fraction of sp³-hybridized carbons (Fsp3) is 0.312. The lowest BCUT2D eigenvalue weighted by Crippen LogP contribution is -2.10. The molecule has 0 aliphatic heterocycles. The maximum atomic E-state index is 11.4. The number of carbonyl (C=O) groups is 1. The Hall–Kier alpha value is -1.83. The van der Waals surface area contributed by atoms with Gasteiger partial charge in [-0.3, -0.25) is 0 Å². The van der Waals surface area contributed by atoms with Crippen LogP contribution in [0.1, 0.15) is 47.2 Å². The third-order valence-electron chi connectivity index (χ3n) is 3.98. The number of fused-ring (bicyclic) bond motifs is 3. The molecule has 3 rings (SSSR count). The predicted molar refractivity (Wildman–Crippen MR) is 72.3 cm³/mol. The molecule has 0 heterocycles. The van der Waals surface area contributed by atoms with Crippen molar-refractivity contribution in [3.8, 4) is 0 Å². The van der Waals surface area contributed by atoms with Crippen LogP contribution in [0.15, 0.2) is 30.3 Å². The molecule has 0 radical (unpaired) electrons. The van der Waals surface area contributed by atoms with Crippen LogP contribution < -0.4 is 0 Å². The first kappa shape index (κ1) is 11.3. The van der Waals surface area contributed by atoms with Gasteiger partial charge in [0.1, 0.15) is 0 Å². The number of benzene rings is 2. The minimum Gasteiger partial charge on any atom is -0.478 e. The van der Waals surface area contributed by atoms with Crippen molar-refractivity contribution < 1.29 is 9.90 Å². The van der Waals surface area contributed by atoms with E-state index in [0.29, 0.717) is 11.5 Å². The van der Waals surface area contributed by atoms with E-state index in [-0.39, 0.29) is 0 Å². The quantitative estimate of drug-likeness (QED) is 0.818. The number of aromatic carboxylic acids is 1. The van der Waals surface area contributed by atoms with Gasteiger partial charge in [-0.05, 0) is 53.1 Å². The number of rotatable bonds is 1. The SMILES string of the molecule is CC1CCCc2cc(C(=O)O)c3ccccc3c21. The Kier molecular flexibility index (Phi) is 2.58. The van der Waals surface area contributed by atoms with Crippen LogP contribution in [0.2, 0.25) is 0 Å². The molecule has 0 fully saturated rings. The third-order valence-corrected chi connectivity index (χ3v) is 3.98. The minimum absolute atomic E-state index is 0.443. The van der Waals surface area contributed by atoms with Gasteiger partial charge in [0, 0.05) is 0 Å². The van der Waals surface area contributed by atoms with E-state index < -0.39 is 5.97 Å². The second-order valence-corrected chi connectivity index (χ2v) is 5.14. The van der Waals surface area contributed by atoms with Gasteiger partial charge in [-0.1, -0.05) is 31.2 Å². The number of hydrogen-bond donors (Lipinski definition) is 1. The zero-order valence-corrected chi connectivity index (χ0v) is 10.4. The van der Waals surface area contributed by atoms with Crippen molar-refractivity contribution in [3.63, 3.8) is 0 Å². The first-order valence-electron chi connectivity index (χ1n) is 6.46. The summed E-state index contributed by atoms with van der Waals surface area (Å²) in [5.41, 5.74) is 3.03. The van der Waals surface area contributed by atoms with Crippen molar-refractivity contribution in [2.24, 2.45) is 0 Å². The van der Waals surface area contributed by atoms with Gasteiger partial charge in [0.15, 0.2) is 0 Å². The van der Waals surface area contributed by atoms with Gasteiger partial charge in [-0.2, -0.15) is 0 Å². The largest absolute Gasteiger partial charge is 0.478 e. The lowest BCUT2D eigenvalue weighted by atomic mass is 9.80. The monoisotopic (exact) mass is 240 g/mol. The van der Waals surface area contributed by atoms with Crippen LogP contribution in [0, 0.1) is 0 Å². The predicted octanol–water partition coefficient (Wildman–Crippen LogP) is 3.98. The first-order chi connectivity index (χ1) is 8.68. The highest BCUT2D eigenvalue weighted by molar-refractivity contribution is 6.05. The summed E-state index contributed by atoms with van der Waals surface area (Å²) in [6, 6.07) is 9.77. The Labute approximate surface area is 106 Å². The van der Waals surface area contributed by atoms with Crippen LogP contribution in [-0.2, 0) is 6.42 Å². The second-order valence-electron chi connectivity index (χ2n) is 5.14. The number of hydrogen-bond acceptors (Lipinski definition) is 1. The van der Waals surface area contributed by atoms with Crippen LogP contribution in [0.25, 0.3) is 10.8 Å². The van der Waals surface area contributed by atoms with Crippen molar-refractivity contribution in [2.75, 3.05) is 0 Å². The zero-order valence-electron chi connectivity index (χ0n) is 10.4. The van der Waals surface area contributed by atoms with E-state index in [9.17, 15) is 9.90 Å². The van der Waals surface area contributed by atoms with E-state index in [1.807, 2.05) is 24.3 Å². The van der Waals surface area contributed by atoms with E-state index in [1.54, 1.807) is 0 Å². The summed E-state index contributed by atoms with van der Waals surface area (Å²) in [6.07, 6.45) is 3.36. The van der Waals surface area contributed by atoms with Crippen LogP contribution in [0.5, 0.6) is 0 Å². The van der Waals surface area contributed by atoms with E-state index in [4.69, 9.17) is 0 Å². The van der Waals surface area contributed by atoms with Crippen molar-refractivity contribution in [3.05, 3.63) is 47.0 Å². The lowest BCUT2D eigenvalue weighted by Gasteiger charge is -2.25. The van der Waals surface area contributed by atoms with Gasteiger partial charge in [0.2, 0.25) is 0 Å². The average molecular weight is 240 g/mol. The summed E-state index contributed by atoms with van der Waals surface area (Å²) in [5, 5.41) is 11.3. The molecule has 18 heavy (non-hydrogen) atoms. The molecule has 2 nitrogen and oxygen atoms in total. The van der Waals surface area contributed by atoms with Gasteiger partial charge in [0.25, 0.3) is 0 Å². The fourth-order valence-electron chi connectivity index (χ4n) is 3.16. The van der Waals surface area contributed by atoms with Gasteiger partial charge in [-0.15, -0.1) is 0 Å². The summed E-state index contributed by atoms with van der Waals surface area (Å²) >= 11 is 0. The topological polar surface area (TPSA) is 37.3 Å². The minimum atomic E-state index is -0.827. The molecule has 0 amide bonds. The molecule has 0 aromatic heterocycles. The van der Waals surface area contributed by atoms with Crippen LogP contribution in [0.3, 0.4) is 0 Å². The highest BCUT2D eigenvalue weighted by Crippen LogP contribution is 2.38. The summed E-state index contributed by atoms with van der Waals surface area (Å²) in [7, 11) is 0. The van der Waals surface area contributed by atoms with Gasteiger partial charge in [0.05, 0.1) is 5.56 Å². The number of aryl methyl sites for hydroxylation is 1. The van der Waals surface area contributed by atoms with E-state index >= 15 is 0 Å². The molecule has 0 bridgehead atoms. The van der Waals surface area contributed by atoms with Crippen LogP contribution in [-0.4, -0.2) is 11.1 Å². The normalized spacial score (nSPS) is 18.6. The van der Waals surface area contributed by atoms with Gasteiger partial charge < -0.3 is 5.11 Å². The molecule has 1 aliphatic carbocycles. The van der Waals surface area contributed by atoms with Crippen LogP contribution >= 0.6 is 0 Å². The molecule has 1 atom stereocenters. The molecular formula is C16H16O2. The molecule has 0 saturated carbocycles. The Bertz CT molecular complexity index is 628. The van der Waals surface area contributed by atoms with E-state index in [2.05, 4.69) is 13.0 Å². The summed E-state index contributed by atoms with van der Waals surface area (Å²) in [5.74, 6) is -0.297. The zero-order chi connectivity index (χ0) is 12.7.